The zero-order valence-corrected chi connectivity index (χ0v) is 11.4. The molecule has 0 radical (unpaired) electrons. The molecule has 0 heterocycles. The summed E-state index contributed by atoms with van der Waals surface area (Å²) >= 11 is -4.25. The standard InChI is InChI=1S/C10H9IO8/c12-6-1-4(2-7(13)14)9(11(18)19)5(10(6)17)3-8(15)16/h1,12,17H,2-3H2,(H,13,14)(H,15,16). The van der Waals surface area contributed by atoms with Crippen molar-refractivity contribution in [3.63, 3.8) is 0 Å². The van der Waals surface area contributed by atoms with Gasteiger partial charge in [-0.05, 0) is 11.6 Å². The number of phenolic OH excluding ortho intramolecular Hbond substituents is 2. The zero-order valence-electron chi connectivity index (χ0n) is 9.29. The van der Waals surface area contributed by atoms with Crippen LogP contribution in [0.2, 0.25) is 0 Å². The first-order chi connectivity index (χ1) is 8.73. The summed E-state index contributed by atoms with van der Waals surface area (Å²) < 4.78 is 21.9. The van der Waals surface area contributed by atoms with E-state index in [2.05, 4.69) is 0 Å². The molecule has 0 aliphatic rings. The Kier molecular flexibility index (Phi) is 4.64. The van der Waals surface area contributed by atoms with Gasteiger partial charge in [-0.3, -0.25) is 9.59 Å². The number of phenols is 2. The van der Waals surface area contributed by atoms with E-state index in [1.165, 1.54) is 0 Å². The van der Waals surface area contributed by atoms with Crippen LogP contribution in [0.5, 0.6) is 11.5 Å². The van der Waals surface area contributed by atoms with Crippen LogP contribution < -0.4 is 0 Å². The first kappa shape index (κ1) is 15.1. The van der Waals surface area contributed by atoms with Gasteiger partial charge < -0.3 is 20.4 Å². The lowest BCUT2D eigenvalue weighted by Crippen LogP contribution is -2.08. The molecule has 1 rings (SSSR count). The van der Waals surface area contributed by atoms with Gasteiger partial charge in [-0.25, -0.2) is 6.14 Å². The van der Waals surface area contributed by atoms with Crippen molar-refractivity contribution in [2.45, 2.75) is 12.8 Å². The maximum absolute atomic E-state index is 11.2. The first-order valence-electron chi connectivity index (χ1n) is 4.79. The smallest absolute Gasteiger partial charge is 0.341 e. The molecule has 104 valence electrons. The van der Waals surface area contributed by atoms with Gasteiger partial charge in [0.15, 0.2) is 11.5 Å². The Labute approximate surface area is 113 Å². The second-order valence-corrected chi connectivity index (χ2v) is 5.87. The first-order valence-corrected chi connectivity index (χ1v) is 7.63. The van der Waals surface area contributed by atoms with Crippen molar-refractivity contribution in [1.82, 2.24) is 0 Å². The third-order valence-corrected chi connectivity index (χ3v) is 4.43. The van der Waals surface area contributed by atoms with E-state index in [9.17, 15) is 25.9 Å². The SMILES string of the molecule is O=C(O)Cc1cc(O)c(O)c(CC(=O)O)c1I(=O)=O. The van der Waals surface area contributed by atoms with Gasteiger partial charge in [0.1, 0.15) is 0 Å². The van der Waals surface area contributed by atoms with Crippen LogP contribution in [0.25, 0.3) is 0 Å². The van der Waals surface area contributed by atoms with E-state index in [1.54, 1.807) is 0 Å². The molecule has 0 atom stereocenters. The molecular formula is C10H9IO8. The van der Waals surface area contributed by atoms with Crippen molar-refractivity contribution in [1.29, 1.82) is 0 Å². The number of benzene rings is 1. The molecule has 1 aromatic rings. The summed E-state index contributed by atoms with van der Waals surface area (Å²) in [7, 11) is 0. The van der Waals surface area contributed by atoms with E-state index in [0.717, 1.165) is 6.07 Å². The average Bonchev–Trinajstić information content (AvgIpc) is 2.23. The van der Waals surface area contributed by atoms with Crippen molar-refractivity contribution >= 4 is 31.7 Å². The van der Waals surface area contributed by atoms with E-state index in [4.69, 9.17) is 10.2 Å². The van der Waals surface area contributed by atoms with Crippen molar-refractivity contribution in [2.24, 2.45) is 0 Å². The van der Waals surface area contributed by atoms with Crippen LogP contribution >= 0.6 is 19.8 Å². The van der Waals surface area contributed by atoms with E-state index in [1.807, 2.05) is 0 Å². The molecule has 19 heavy (non-hydrogen) atoms. The van der Waals surface area contributed by atoms with Gasteiger partial charge in [-0.2, -0.15) is 0 Å². The number of carboxylic acid groups (broad SMARTS) is 2. The fourth-order valence-corrected chi connectivity index (χ4v) is 3.44. The second kappa shape index (κ2) is 5.82. The minimum Gasteiger partial charge on any atom is -0.504 e. The molecule has 0 bridgehead atoms. The molecule has 0 unspecified atom stereocenters. The molecule has 0 saturated carbocycles. The number of rotatable bonds is 5. The number of halogens is 1. The van der Waals surface area contributed by atoms with Crippen molar-refractivity contribution in [3.8, 4) is 11.5 Å². The topological polar surface area (TPSA) is 149 Å². The van der Waals surface area contributed by atoms with Gasteiger partial charge >= 0.3 is 31.7 Å². The molecule has 9 heteroatoms. The minimum atomic E-state index is -4.25. The van der Waals surface area contributed by atoms with Gasteiger partial charge in [0.25, 0.3) is 0 Å². The Hall–Kier alpha value is -1.91. The average molecular weight is 384 g/mol. The molecule has 4 N–H and O–H groups in total. The minimum absolute atomic E-state index is 0.241. The summed E-state index contributed by atoms with van der Waals surface area (Å²) in [5, 5.41) is 36.2. The van der Waals surface area contributed by atoms with Crippen LogP contribution in [0.15, 0.2) is 6.07 Å². The Balaban J connectivity index is 3.61. The van der Waals surface area contributed by atoms with E-state index in [-0.39, 0.29) is 5.56 Å². The van der Waals surface area contributed by atoms with Crippen molar-refractivity contribution in [3.05, 3.63) is 20.8 Å². The van der Waals surface area contributed by atoms with Crippen LogP contribution in [0.4, 0.5) is 0 Å². The number of aromatic hydroxyl groups is 2. The summed E-state index contributed by atoms with van der Waals surface area (Å²) in [6.07, 6.45) is -1.53. The van der Waals surface area contributed by atoms with Crippen LogP contribution in [-0.4, -0.2) is 32.4 Å². The molecule has 0 aromatic heterocycles. The van der Waals surface area contributed by atoms with Crippen LogP contribution in [-0.2, 0) is 28.6 Å². The number of hydrogen-bond donors (Lipinski definition) is 4. The second-order valence-electron chi connectivity index (χ2n) is 3.55. The molecule has 0 aliphatic carbocycles. The summed E-state index contributed by atoms with van der Waals surface area (Å²) in [6.45, 7) is 0. The van der Waals surface area contributed by atoms with Crippen molar-refractivity contribution < 1.29 is 36.2 Å². The lowest BCUT2D eigenvalue weighted by molar-refractivity contribution is -0.137. The number of aliphatic carboxylic acids is 2. The fourth-order valence-electron chi connectivity index (χ4n) is 1.55. The summed E-state index contributed by atoms with van der Waals surface area (Å²) in [5.41, 5.74) is -0.729. The Morgan fingerprint density at radius 3 is 2.00 bits per heavy atom. The number of hydrogen-bond acceptors (Lipinski definition) is 6. The van der Waals surface area contributed by atoms with E-state index < -0.39 is 65.2 Å². The molecule has 8 nitrogen and oxygen atoms in total. The highest BCUT2D eigenvalue weighted by molar-refractivity contribution is 14.2. The fraction of sp³-hybridized carbons (Fsp3) is 0.200. The highest BCUT2D eigenvalue weighted by atomic mass is 127. The van der Waals surface area contributed by atoms with Gasteiger partial charge in [-0.15, -0.1) is 0 Å². The summed E-state index contributed by atoms with van der Waals surface area (Å²) in [4.78, 5) is 21.3. The van der Waals surface area contributed by atoms with Gasteiger partial charge in [-0.1, -0.05) is 0 Å². The molecule has 1 aromatic carbocycles. The predicted octanol–water partition coefficient (Wildman–Crippen LogP) is 0.719. The van der Waals surface area contributed by atoms with E-state index in [0.29, 0.717) is 0 Å². The zero-order chi connectivity index (χ0) is 14.7. The number of carbonyl (C=O) groups is 2. The maximum atomic E-state index is 11.2. The van der Waals surface area contributed by atoms with Crippen LogP contribution in [0.1, 0.15) is 11.1 Å². The Bertz CT molecular complexity index is 608. The lowest BCUT2D eigenvalue weighted by Gasteiger charge is -2.10. The number of carboxylic acids is 2. The molecular weight excluding hydrogens is 375 g/mol. The molecule has 0 saturated heterocycles. The molecule has 0 fully saturated rings. The molecule has 0 aliphatic heterocycles. The predicted molar refractivity (Wildman–Crippen MR) is 66.5 cm³/mol. The third-order valence-electron chi connectivity index (χ3n) is 2.21. The summed E-state index contributed by atoms with van der Waals surface area (Å²) in [6, 6.07) is 0.810. The Morgan fingerprint density at radius 2 is 1.58 bits per heavy atom. The van der Waals surface area contributed by atoms with Crippen molar-refractivity contribution in [2.75, 3.05) is 0 Å². The van der Waals surface area contributed by atoms with E-state index >= 15 is 0 Å². The van der Waals surface area contributed by atoms with Gasteiger partial charge in [0.05, 0.1) is 16.4 Å². The van der Waals surface area contributed by atoms with Gasteiger partial charge in [0.2, 0.25) is 0 Å². The van der Waals surface area contributed by atoms with Crippen LogP contribution in [0, 0.1) is 3.57 Å². The van der Waals surface area contributed by atoms with Gasteiger partial charge in [0, 0.05) is 5.56 Å². The largest absolute Gasteiger partial charge is 0.504 e. The monoisotopic (exact) mass is 384 g/mol. The Morgan fingerprint density at radius 1 is 1.05 bits per heavy atom. The summed E-state index contributed by atoms with van der Waals surface area (Å²) in [5.74, 6) is -4.37. The third kappa shape index (κ3) is 3.53. The highest BCUT2D eigenvalue weighted by Crippen LogP contribution is 2.38. The normalized spacial score (nSPS) is 10.6. The quantitative estimate of drug-likeness (QED) is 0.429. The van der Waals surface area contributed by atoms with Crippen LogP contribution in [0.3, 0.4) is 0 Å². The maximum Gasteiger partial charge on any atom is 0.341 e. The molecule has 0 spiro atoms. The lowest BCUT2D eigenvalue weighted by atomic mass is 10.0. The molecule has 0 amide bonds. The highest BCUT2D eigenvalue weighted by Gasteiger charge is 2.23.